The van der Waals surface area contributed by atoms with Crippen LogP contribution in [0, 0.1) is 5.82 Å². The fourth-order valence-corrected chi connectivity index (χ4v) is 4.72. The molecule has 1 saturated heterocycles. The number of amides is 1. The summed E-state index contributed by atoms with van der Waals surface area (Å²) in [5.41, 5.74) is 1.87. The zero-order chi connectivity index (χ0) is 29.7. The number of nitrogens with one attached hydrogen (secondary N) is 1. The number of hydrogen-bond acceptors (Lipinski definition) is 8. The summed E-state index contributed by atoms with van der Waals surface area (Å²) < 4.78 is 57.1. The summed E-state index contributed by atoms with van der Waals surface area (Å²) in [5.74, 6) is -0.679. The van der Waals surface area contributed by atoms with Crippen molar-refractivity contribution in [2.75, 3.05) is 37.0 Å². The average Bonchev–Trinajstić information content (AvgIpc) is 2.91. The zero-order valence-corrected chi connectivity index (χ0v) is 22.8. The van der Waals surface area contributed by atoms with E-state index in [4.69, 9.17) is 29.3 Å². The highest BCUT2D eigenvalue weighted by Gasteiger charge is 2.38. The van der Waals surface area contributed by atoms with Crippen LogP contribution in [0.2, 0.25) is 0 Å². The standard InChI is InChI=1S/C25H32FN5O3.C2HF3O2/c1-16(32)31-13-10-21-22(15-31)29-25(24(28-21)27-17-4-3-5-17)30-11-8-18(9-12-30)34-23-7-6-19(33-2)14-20(23)26;3-2(4,5)1(6)7/h6-7,14,17-18H,3-5,8-13,15H2,1-2H3,(H,27,28);(H,6,7). The maximum Gasteiger partial charge on any atom is 0.490 e. The molecule has 3 aliphatic rings. The van der Waals surface area contributed by atoms with E-state index in [1.54, 1.807) is 19.1 Å². The van der Waals surface area contributed by atoms with Gasteiger partial charge in [-0.25, -0.2) is 19.2 Å². The number of carbonyl (C=O) groups is 2. The van der Waals surface area contributed by atoms with Crippen molar-refractivity contribution in [1.29, 1.82) is 0 Å². The SMILES string of the molecule is COc1ccc(OC2CCN(c3nc4c(nc3NC3CCC3)CCN(C(C)=O)C4)CC2)c(F)c1.O=C(O)C(F)(F)F. The molecule has 1 aromatic heterocycles. The number of aromatic nitrogens is 2. The van der Waals surface area contributed by atoms with Gasteiger partial charge in [-0.15, -0.1) is 0 Å². The molecule has 1 aliphatic carbocycles. The number of aliphatic carboxylic acids is 1. The maximum absolute atomic E-state index is 14.3. The number of nitrogens with zero attached hydrogens (tertiary/aromatic N) is 4. The van der Waals surface area contributed by atoms with Crippen molar-refractivity contribution in [2.24, 2.45) is 0 Å². The van der Waals surface area contributed by atoms with Crippen LogP contribution in [-0.4, -0.2) is 76.9 Å². The number of rotatable bonds is 6. The minimum absolute atomic E-state index is 0.0643. The number of alkyl halides is 3. The number of anilines is 2. The minimum Gasteiger partial charge on any atom is -0.497 e. The lowest BCUT2D eigenvalue weighted by Gasteiger charge is -2.36. The van der Waals surface area contributed by atoms with Crippen molar-refractivity contribution in [1.82, 2.24) is 14.9 Å². The molecule has 0 atom stereocenters. The summed E-state index contributed by atoms with van der Waals surface area (Å²) in [6.45, 7) is 4.27. The second kappa shape index (κ2) is 12.8. The van der Waals surface area contributed by atoms with Gasteiger partial charge in [-0.2, -0.15) is 13.2 Å². The van der Waals surface area contributed by atoms with Crippen LogP contribution >= 0.6 is 0 Å². The number of carboxylic acid groups (broad SMARTS) is 1. The molecule has 0 bridgehead atoms. The molecule has 0 unspecified atom stereocenters. The van der Waals surface area contributed by atoms with Crippen LogP contribution in [0.25, 0.3) is 0 Å². The smallest absolute Gasteiger partial charge is 0.490 e. The molecule has 0 spiro atoms. The normalized spacial score (nSPS) is 17.5. The summed E-state index contributed by atoms with van der Waals surface area (Å²) in [7, 11) is 1.51. The lowest BCUT2D eigenvalue weighted by Crippen LogP contribution is -2.41. The Morgan fingerprint density at radius 2 is 1.76 bits per heavy atom. The number of benzene rings is 1. The van der Waals surface area contributed by atoms with Gasteiger partial charge in [-0.05, 0) is 31.4 Å². The number of halogens is 4. The number of fused-ring (bicyclic) bond motifs is 1. The molecule has 1 amide bonds. The van der Waals surface area contributed by atoms with Crippen LogP contribution in [0.1, 0.15) is 50.4 Å². The van der Waals surface area contributed by atoms with Gasteiger partial charge in [0, 0.05) is 57.9 Å². The van der Waals surface area contributed by atoms with Gasteiger partial charge in [-0.3, -0.25) is 4.79 Å². The van der Waals surface area contributed by atoms with Gasteiger partial charge >= 0.3 is 12.1 Å². The number of hydrogen-bond donors (Lipinski definition) is 2. The van der Waals surface area contributed by atoms with Crippen molar-refractivity contribution in [3.05, 3.63) is 35.4 Å². The van der Waals surface area contributed by atoms with Gasteiger partial charge < -0.3 is 29.7 Å². The predicted octanol–water partition coefficient (Wildman–Crippen LogP) is 4.17. The first-order valence-corrected chi connectivity index (χ1v) is 13.4. The van der Waals surface area contributed by atoms with Crippen LogP contribution in [0.4, 0.5) is 29.2 Å². The van der Waals surface area contributed by atoms with Crippen LogP contribution in [-0.2, 0) is 22.6 Å². The van der Waals surface area contributed by atoms with Gasteiger partial charge in [0.15, 0.2) is 23.2 Å². The minimum atomic E-state index is -5.08. The third kappa shape index (κ3) is 7.67. The van der Waals surface area contributed by atoms with Gasteiger partial charge in [0.2, 0.25) is 5.91 Å². The van der Waals surface area contributed by atoms with Crippen molar-refractivity contribution in [2.45, 2.75) is 70.3 Å². The van der Waals surface area contributed by atoms with Crippen molar-refractivity contribution < 1.29 is 41.7 Å². The zero-order valence-electron chi connectivity index (χ0n) is 22.8. The molecule has 1 saturated carbocycles. The molecule has 3 heterocycles. The molecule has 5 rings (SSSR count). The van der Waals surface area contributed by atoms with Gasteiger partial charge in [0.25, 0.3) is 0 Å². The number of methoxy groups -OCH3 is 1. The quantitative estimate of drug-likeness (QED) is 0.483. The van der Waals surface area contributed by atoms with E-state index in [2.05, 4.69) is 10.2 Å². The van der Waals surface area contributed by atoms with Gasteiger partial charge in [0.1, 0.15) is 11.9 Å². The summed E-state index contributed by atoms with van der Waals surface area (Å²) in [6.07, 6.45) is 0.633. The Morgan fingerprint density at radius 1 is 1.07 bits per heavy atom. The average molecular weight is 584 g/mol. The highest BCUT2D eigenvalue weighted by molar-refractivity contribution is 5.74. The van der Waals surface area contributed by atoms with Crippen molar-refractivity contribution >= 4 is 23.5 Å². The second-order valence-corrected chi connectivity index (χ2v) is 10.2. The first-order valence-electron chi connectivity index (χ1n) is 13.4. The third-order valence-electron chi connectivity index (χ3n) is 7.30. The van der Waals surface area contributed by atoms with E-state index in [-0.39, 0.29) is 17.8 Å². The number of carbonyl (C=O) groups excluding carboxylic acids is 1. The van der Waals surface area contributed by atoms with E-state index < -0.39 is 18.0 Å². The Kier molecular flexibility index (Phi) is 9.38. The Balaban J connectivity index is 0.000000493. The molecule has 2 N–H and O–H groups in total. The summed E-state index contributed by atoms with van der Waals surface area (Å²) >= 11 is 0. The van der Waals surface area contributed by atoms with Crippen LogP contribution < -0.4 is 19.7 Å². The first kappa shape index (κ1) is 30.1. The number of piperidine rings is 1. The van der Waals surface area contributed by atoms with Gasteiger partial charge in [-0.1, -0.05) is 0 Å². The van der Waals surface area contributed by atoms with E-state index in [1.807, 2.05) is 4.90 Å². The number of ether oxygens (including phenoxy) is 2. The molecular formula is C27H33F4N5O5. The van der Waals surface area contributed by atoms with E-state index in [9.17, 15) is 22.4 Å². The molecular weight excluding hydrogens is 550 g/mol. The summed E-state index contributed by atoms with van der Waals surface area (Å²) in [5, 5.41) is 10.7. The van der Waals surface area contributed by atoms with Crippen LogP contribution in [0.15, 0.2) is 18.2 Å². The number of carboxylic acids is 1. The van der Waals surface area contributed by atoms with Crippen molar-refractivity contribution in [3.63, 3.8) is 0 Å². The third-order valence-corrected chi connectivity index (χ3v) is 7.30. The van der Waals surface area contributed by atoms with E-state index >= 15 is 0 Å². The van der Waals surface area contributed by atoms with Crippen LogP contribution in [0.5, 0.6) is 11.5 Å². The molecule has 2 aromatic rings. The van der Waals surface area contributed by atoms with E-state index in [0.717, 1.165) is 68.2 Å². The molecule has 2 fully saturated rings. The highest BCUT2D eigenvalue weighted by Crippen LogP contribution is 2.33. The Bertz CT molecular complexity index is 1250. The Morgan fingerprint density at radius 3 is 2.29 bits per heavy atom. The largest absolute Gasteiger partial charge is 0.497 e. The molecule has 2 aliphatic heterocycles. The Labute approximate surface area is 234 Å². The molecule has 0 radical (unpaired) electrons. The fourth-order valence-electron chi connectivity index (χ4n) is 4.72. The lowest BCUT2D eigenvalue weighted by molar-refractivity contribution is -0.192. The highest BCUT2D eigenvalue weighted by atomic mass is 19.4. The fraction of sp³-hybridized carbons (Fsp3) is 0.556. The maximum atomic E-state index is 14.3. The lowest BCUT2D eigenvalue weighted by atomic mass is 9.93. The predicted molar refractivity (Wildman–Crippen MR) is 141 cm³/mol. The monoisotopic (exact) mass is 583 g/mol. The molecule has 224 valence electrons. The summed E-state index contributed by atoms with van der Waals surface area (Å²) in [6, 6.07) is 5.12. The first-order chi connectivity index (χ1) is 19.4. The van der Waals surface area contributed by atoms with E-state index in [0.29, 0.717) is 24.9 Å². The van der Waals surface area contributed by atoms with E-state index in [1.165, 1.54) is 19.6 Å². The molecule has 14 heteroatoms. The summed E-state index contributed by atoms with van der Waals surface area (Å²) in [4.78, 5) is 34.9. The van der Waals surface area contributed by atoms with Crippen LogP contribution in [0.3, 0.4) is 0 Å². The van der Waals surface area contributed by atoms with Crippen molar-refractivity contribution in [3.8, 4) is 11.5 Å². The van der Waals surface area contributed by atoms with Gasteiger partial charge in [0.05, 0.1) is 25.0 Å². The topological polar surface area (TPSA) is 117 Å². The second-order valence-electron chi connectivity index (χ2n) is 10.2. The molecule has 1 aromatic carbocycles. The molecule has 41 heavy (non-hydrogen) atoms. The Hall–Kier alpha value is -3.84. The molecule has 10 nitrogen and oxygen atoms in total.